The molecule has 0 aliphatic carbocycles. The normalized spacial score (nSPS) is 17.7. The number of rotatable bonds is 7. The van der Waals surface area contributed by atoms with E-state index in [4.69, 9.17) is 9.47 Å². The molecule has 162 valence electrons. The van der Waals surface area contributed by atoms with Crippen molar-refractivity contribution in [3.63, 3.8) is 0 Å². The van der Waals surface area contributed by atoms with Gasteiger partial charge in [-0.2, -0.15) is 0 Å². The van der Waals surface area contributed by atoms with Crippen LogP contribution >= 0.6 is 22.6 Å². The Kier molecular flexibility index (Phi) is 6.44. The van der Waals surface area contributed by atoms with Crippen LogP contribution < -0.4 is 20.3 Å². The van der Waals surface area contributed by atoms with E-state index in [9.17, 15) is 17.9 Å². The first-order valence-corrected chi connectivity index (χ1v) is 11.6. The van der Waals surface area contributed by atoms with Crippen molar-refractivity contribution < 1.29 is 22.6 Å². The minimum atomic E-state index is -2.19. The van der Waals surface area contributed by atoms with Crippen LogP contribution in [0.2, 0.25) is 0 Å². The number of fused-ring (bicyclic) bond motifs is 1. The average Bonchev–Trinajstić information content (AvgIpc) is 3.13. The van der Waals surface area contributed by atoms with Crippen LogP contribution in [0.25, 0.3) is 0 Å². The molecule has 0 radical (unpaired) electrons. The molecule has 2 aliphatic heterocycles. The van der Waals surface area contributed by atoms with Crippen LogP contribution in [0.1, 0.15) is 17.0 Å². The molecule has 1 saturated heterocycles. The third-order valence-corrected chi connectivity index (χ3v) is 6.55. The van der Waals surface area contributed by atoms with E-state index in [1.165, 1.54) is 6.07 Å². The molecule has 2 aromatic rings. The van der Waals surface area contributed by atoms with Crippen molar-refractivity contribution in [1.82, 2.24) is 9.29 Å². The van der Waals surface area contributed by atoms with E-state index in [1.807, 2.05) is 22.6 Å². The Labute approximate surface area is 188 Å². The predicted molar refractivity (Wildman–Crippen MR) is 119 cm³/mol. The van der Waals surface area contributed by atoms with E-state index < -0.39 is 17.1 Å². The number of benzene rings is 1. The molecule has 3 N–H and O–H groups in total. The summed E-state index contributed by atoms with van der Waals surface area (Å²) in [6, 6.07) is 4.79. The maximum atomic E-state index is 14.6. The number of nitrogens with one attached hydrogen (secondary N) is 2. The van der Waals surface area contributed by atoms with Gasteiger partial charge in [0.15, 0.2) is 0 Å². The maximum absolute atomic E-state index is 14.6. The minimum Gasteiger partial charge on any atom is -0.477 e. The van der Waals surface area contributed by atoms with E-state index in [0.29, 0.717) is 49.1 Å². The van der Waals surface area contributed by atoms with Crippen molar-refractivity contribution in [2.24, 2.45) is 5.92 Å². The summed E-state index contributed by atoms with van der Waals surface area (Å²) < 4.78 is 51.2. The molecule has 8 nitrogen and oxygen atoms in total. The van der Waals surface area contributed by atoms with Crippen molar-refractivity contribution in [3.05, 3.63) is 49.1 Å². The molecule has 3 heterocycles. The number of halogens is 2. The molecular formula is C19H21FIN3O5S. The zero-order chi connectivity index (χ0) is 21.4. The van der Waals surface area contributed by atoms with Crippen LogP contribution in [0, 0.1) is 22.2 Å². The van der Waals surface area contributed by atoms with Gasteiger partial charge in [-0.3, -0.25) is 13.9 Å². The molecule has 0 amide bonds. The molecule has 30 heavy (non-hydrogen) atoms. The Morgan fingerprint density at radius 1 is 1.43 bits per heavy atom. The lowest BCUT2D eigenvalue weighted by Gasteiger charge is -2.35. The molecule has 1 aromatic heterocycles. The summed E-state index contributed by atoms with van der Waals surface area (Å²) in [7, 11) is 0. The summed E-state index contributed by atoms with van der Waals surface area (Å²) in [6.07, 6.45) is 0. The fraction of sp³-hybridized carbons (Fsp3) is 0.421. The monoisotopic (exact) mass is 549 g/mol. The standard InChI is InChI=1S/C19H21FIN3O5S/c1-10-17(23-15-3-2-12(21)6-14(15)20)16(19-24(18(10)25)4-5-29-19)13(7-22-30(26)27)11-8-28-9-11/h2-3,6,11,13,22-23H,4-5,7-9H2,1H3,(H,26,27). The highest BCUT2D eigenvalue weighted by Gasteiger charge is 2.37. The zero-order valence-corrected chi connectivity index (χ0v) is 19.1. The average molecular weight is 549 g/mol. The third-order valence-electron chi connectivity index (χ3n) is 5.46. The number of aromatic nitrogens is 1. The van der Waals surface area contributed by atoms with Gasteiger partial charge in [0.05, 0.1) is 31.1 Å². The van der Waals surface area contributed by atoms with Crippen molar-refractivity contribution in [2.45, 2.75) is 19.4 Å². The van der Waals surface area contributed by atoms with E-state index in [-0.39, 0.29) is 29.6 Å². The smallest absolute Gasteiger partial charge is 0.258 e. The van der Waals surface area contributed by atoms with Gasteiger partial charge in [0.25, 0.3) is 5.56 Å². The lowest BCUT2D eigenvalue weighted by molar-refractivity contribution is -0.0444. The van der Waals surface area contributed by atoms with E-state index in [0.717, 1.165) is 3.57 Å². The Bertz CT molecular complexity index is 1060. The number of ether oxygens (including phenoxy) is 2. The highest BCUT2D eigenvalue weighted by atomic mass is 127. The van der Waals surface area contributed by atoms with Gasteiger partial charge < -0.3 is 14.8 Å². The van der Waals surface area contributed by atoms with Crippen molar-refractivity contribution in [1.29, 1.82) is 0 Å². The molecule has 2 aliphatic rings. The molecule has 0 bridgehead atoms. The first-order valence-electron chi connectivity index (χ1n) is 9.41. The van der Waals surface area contributed by atoms with Crippen LogP contribution in [0.3, 0.4) is 0 Å². The van der Waals surface area contributed by atoms with Gasteiger partial charge in [0, 0.05) is 33.1 Å². The van der Waals surface area contributed by atoms with Crippen LogP contribution in [-0.2, 0) is 22.5 Å². The van der Waals surface area contributed by atoms with Gasteiger partial charge >= 0.3 is 0 Å². The minimum absolute atomic E-state index is 0.0639. The second-order valence-electron chi connectivity index (χ2n) is 7.27. The lowest BCUT2D eigenvalue weighted by Crippen LogP contribution is -2.39. The molecule has 0 saturated carbocycles. The number of hydrogen-bond donors (Lipinski definition) is 3. The Morgan fingerprint density at radius 2 is 2.20 bits per heavy atom. The fourth-order valence-electron chi connectivity index (χ4n) is 3.83. The molecule has 1 aromatic carbocycles. The Morgan fingerprint density at radius 3 is 2.83 bits per heavy atom. The van der Waals surface area contributed by atoms with Gasteiger partial charge in [0.1, 0.15) is 12.4 Å². The van der Waals surface area contributed by atoms with Crippen molar-refractivity contribution >= 4 is 45.2 Å². The van der Waals surface area contributed by atoms with Gasteiger partial charge in [0.2, 0.25) is 17.1 Å². The first-order chi connectivity index (χ1) is 14.4. The van der Waals surface area contributed by atoms with Gasteiger partial charge in [-0.1, -0.05) is 0 Å². The van der Waals surface area contributed by atoms with Gasteiger partial charge in [-0.05, 0) is 47.7 Å². The summed E-state index contributed by atoms with van der Waals surface area (Å²) in [5, 5.41) is 3.10. The third kappa shape index (κ3) is 4.13. The quantitative estimate of drug-likeness (QED) is 0.363. The molecule has 11 heteroatoms. The van der Waals surface area contributed by atoms with Crippen molar-refractivity contribution in [2.75, 3.05) is 31.7 Å². The number of anilines is 2. The van der Waals surface area contributed by atoms with Crippen LogP contribution in [0.15, 0.2) is 23.0 Å². The highest BCUT2D eigenvalue weighted by molar-refractivity contribution is 14.1. The summed E-state index contributed by atoms with van der Waals surface area (Å²) in [6.45, 7) is 3.62. The fourth-order valence-corrected chi connectivity index (χ4v) is 4.61. The Hall–Kier alpha value is -1.54. The second kappa shape index (κ2) is 8.91. The van der Waals surface area contributed by atoms with Crippen LogP contribution in [-0.4, -0.2) is 39.7 Å². The molecule has 2 atom stereocenters. The summed E-state index contributed by atoms with van der Waals surface area (Å²) in [5.41, 5.74) is 1.63. The number of hydrogen-bond acceptors (Lipinski definition) is 5. The second-order valence-corrected chi connectivity index (χ2v) is 9.31. The van der Waals surface area contributed by atoms with Crippen molar-refractivity contribution in [3.8, 4) is 5.88 Å². The largest absolute Gasteiger partial charge is 0.477 e. The lowest BCUT2D eigenvalue weighted by atomic mass is 9.83. The van der Waals surface area contributed by atoms with E-state index in [1.54, 1.807) is 23.6 Å². The summed E-state index contributed by atoms with van der Waals surface area (Å²) in [5.74, 6) is -0.231. The van der Waals surface area contributed by atoms with Crippen LogP contribution in [0.5, 0.6) is 5.88 Å². The number of pyridine rings is 1. The van der Waals surface area contributed by atoms with E-state index >= 15 is 0 Å². The molecule has 0 spiro atoms. The first kappa shape index (κ1) is 21.7. The summed E-state index contributed by atoms with van der Waals surface area (Å²) >= 11 is -0.166. The molecule has 2 unspecified atom stereocenters. The zero-order valence-electron chi connectivity index (χ0n) is 16.1. The molecule has 4 rings (SSSR count). The maximum Gasteiger partial charge on any atom is 0.258 e. The van der Waals surface area contributed by atoms with E-state index in [2.05, 4.69) is 10.0 Å². The highest BCUT2D eigenvalue weighted by Crippen LogP contribution is 2.43. The Balaban J connectivity index is 1.86. The van der Waals surface area contributed by atoms with Gasteiger partial charge in [-0.25, -0.2) is 13.3 Å². The van der Waals surface area contributed by atoms with Crippen LogP contribution in [0.4, 0.5) is 15.8 Å². The van der Waals surface area contributed by atoms with Gasteiger partial charge in [-0.15, -0.1) is 0 Å². The summed E-state index contributed by atoms with van der Waals surface area (Å²) in [4.78, 5) is 12.9. The molecule has 1 fully saturated rings. The topological polar surface area (TPSA) is 102 Å². The number of nitrogens with zero attached hydrogens (tertiary/aromatic N) is 1. The SMILES string of the molecule is Cc1c(Nc2ccc(I)cc2F)c(C(CNS(=O)O)C2COC2)c2n(c1=O)CCO2. The predicted octanol–water partition coefficient (Wildman–Crippen LogP) is 2.49. The molecular weight excluding hydrogens is 528 g/mol.